The van der Waals surface area contributed by atoms with E-state index in [1.165, 1.54) is 0 Å². The van der Waals surface area contributed by atoms with Crippen molar-refractivity contribution in [3.05, 3.63) is 11.9 Å². The highest BCUT2D eigenvalue weighted by Gasteiger charge is 2.21. The highest BCUT2D eigenvalue weighted by molar-refractivity contribution is 7.99. The van der Waals surface area contributed by atoms with Gasteiger partial charge >= 0.3 is 0 Å². The molecule has 2 rings (SSSR count). The summed E-state index contributed by atoms with van der Waals surface area (Å²) in [5, 5.41) is 7.10. The summed E-state index contributed by atoms with van der Waals surface area (Å²) >= 11 is 1.86. The number of nitrogens with two attached hydrogens (primary N) is 1. The van der Waals surface area contributed by atoms with E-state index < -0.39 is 0 Å². The molecule has 1 aliphatic rings. The lowest BCUT2D eigenvalue weighted by molar-refractivity contribution is 0.0936. The highest BCUT2D eigenvalue weighted by atomic mass is 32.2. The van der Waals surface area contributed by atoms with Crippen molar-refractivity contribution in [2.45, 2.75) is 25.9 Å². The zero-order valence-corrected chi connectivity index (χ0v) is 10.1. The van der Waals surface area contributed by atoms with Crippen LogP contribution in [0.15, 0.2) is 6.20 Å². The molecular formula is C10H16N4OS. The van der Waals surface area contributed by atoms with Crippen molar-refractivity contribution in [3.63, 3.8) is 0 Å². The number of carbonyl (C=O) groups excluding carboxylic acids is 1. The second-order valence-electron chi connectivity index (χ2n) is 3.82. The smallest absolute Gasteiger partial charge is 0.274 e. The Labute approximate surface area is 98.8 Å². The van der Waals surface area contributed by atoms with E-state index >= 15 is 0 Å². The van der Waals surface area contributed by atoms with Crippen molar-refractivity contribution < 1.29 is 4.79 Å². The minimum absolute atomic E-state index is 0.155. The Morgan fingerprint density at radius 1 is 1.81 bits per heavy atom. The van der Waals surface area contributed by atoms with Crippen molar-refractivity contribution in [1.29, 1.82) is 0 Å². The Morgan fingerprint density at radius 2 is 2.62 bits per heavy atom. The Morgan fingerprint density at radius 3 is 3.19 bits per heavy atom. The van der Waals surface area contributed by atoms with Gasteiger partial charge in [-0.25, -0.2) is 0 Å². The average Bonchev–Trinajstić information content (AvgIpc) is 2.87. The van der Waals surface area contributed by atoms with E-state index in [-0.39, 0.29) is 11.9 Å². The van der Waals surface area contributed by atoms with Crippen molar-refractivity contribution in [1.82, 2.24) is 15.1 Å². The molecule has 0 radical (unpaired) electrons. The van der Waals surface area contributed by atoms with Gasteiger partial charge in [0.15, 0.2) is 5.69 Å². The van der Waals surface area contributed by atoms with Crippen LogP contribution in [0, 0.1) is 0 Å². The lowest BCUT2D eigenvalue weighted by atomic mass is 10.2. The predicted octanol–water partition coefficient (Wildman–Crippen LogP) is 0.720. The fraction of sp³-hybridized carbons (Fsp3) is 0.600. The summed E-state index contributed by atoms with van der Waals surface area (Å²) in [6.07, 6.45) is 2.73. The summed E-state index contributed by atoms with van der Waals surface area (Å²) in [5.41, 5.74) is 6.54. The lowest BCUT2D eigenvalue weighted by Gasteiger charge is -2.09. The molecule has 0 spiro atoms. The molecule has 3 N–H and O–H groups in total. The Hall–Kier alpha value is -1.17. The molecule has 2 heterocycles. The number of thioether (sulfide) groups is 1. The van der Waals surface area contributed by atoms with E-state index in [9.17, 15) is 4.79 Å². The van der Waals surface area contributed by atoms with Crippen LogP contribution in [0.2, 0.25) is 0 Å². The number of amides is 1. The number of rotatable bonds is 3. The van der Waals surface area contributed by atoms with E-state index in [1.54, 1.807) is 10.9 Å². The summed E-state index contributed by atoms with van der Waals surface area (Å²) in [6, 6.07) is 0.267. The molecule has 0 saturated carbocycles. The fourth-order valence-electron chi connectivity index (χ4n) is 1.68. The van der Waals surface area contributed by atoms with Crippen LogP contribution >= 0.6 is 11.8 Å². The zero-order chi connectivity index (χ0) is 11.5. The van der Waals surface area contributed by atoms with Gasteiger partial charge in [-0.1, -0.05) is 0 Å². The Balaban J connectivity index is 2.04. The second-order valence-corrected chi connectivity index (χ2v) is 4.97. The van der Waals surface area contributed by atoms with Crippen LogP contribution in [-0.4, -0.2) is 33.2 Å². The first kappa shape index (κ1) is 11.3. The highest BCUT2D eigenvalue weighted by Crippen LogP contribution is 2.18. The first-order valence-electron chi connectivity index (χ1n) is 5.42. The molecule has 1 aromatic rings. The number of nitrogens with one attached hydrogen (secondary N) is 1. The lowest BCUT2D eigenvalue weighted by Crippen LogP contribution is -2.35. The van der Waals surface area contributed by atoms with E-state index in [0.717, 1.165) is 24.5 Å². The van der Waals surface area contributed by atoms with Crippen LogP contribution in [-0.2, 0) is 6.54 Å². The maximum absolute atomic E-state index is 11.9. The van der Waals surface area contributed by atoms with Gasteiger partial charge in [-0.05, 0) is 19.1 Å². The van der Waals surface area contributed by atoms with Crippen LogP contribution < -0.4 is 11.1 Å². The molecule has 1 atom stereocenters. The fourth-order valence-corrected chi connectivity index (χ4v) is 2.83. The maximum atomic E-state index is 11.9. The third-order valence-corrected chi connectivity index (χ3v) is 3.76. The molecule has 1 aromatic heterocycles. The van der Waals surface area contributed by atoms with Gasteiger partial charge in [0.25, 0.3) is 5.91 Å². The van der Waals surface area contributed by atoms with Crippen LogP contribution in [0.25, 0.3) is 0 Å². The number of hydrogen-bond donors (Lipinski definition) is 2. The molecule has 0 aromatic carbocycles. The first-order chi connectivity index (χ1) is 7.70. The van der Waals surface area contributed by atoms with Gasteiger partial charge < -0.3 is 11.1 Å². The molecule has 0 bridgehead atoms. The quantitative estimate of drug-likeness (QED) is 0.816. The van der Waals surface area contributed by atoms with Crippen molar-refractivity contribution in [2.24, 2.45) is 0 Å². The number of aryl methyl sites for hydroxylation is 1. The minimum atomic E-state index is -0.155. The molecule has 16 heavy (non-hydrogen) atoms. The molecule has 88 valence electrons. The normalized spacial score (nSPS) is 19.9. The van der Waals surface area contributed by atoms with Crippen LogP contribution in [0.3, 0.4) is 0 Å². The third kappa shape index (κ3) is 2.32. The summed E-state index contributed by atoms with van der Waals surface area (Å²) in [4.78, 5) is 11.9. The topological polar surface area (TPSA) is 72.9 Å². The molecule has 1 amide bonds. The number of hydrogen-bond acceptors (Lipinski definition) is 4. The SMILES string of the molecule is CCn1cc(N)c(C(=O)NC2CCSC2)n1. The van der Waals surface area contributed by atoms with Gasteiger partial charge in [0.1, 0.15) is 0 Å². The minimum Gasteiger partial charge on any atom is -0.396 e. The molecule has 1 saturated heterocycles. The Bertz CT molecular complexity index is 384. The van der Waals surface area contributed by atoms with Gasteiger partial charge in [0, 0.05) is 24.5 Å². The zero-order valence-electron chi connectivity index (χ0n) is 9.27. The van der Waals surface area contributed by atoms with E-state index in [4.69, 9.17) is 5.73 Å². The van der Waals surface area contributed by atoms with Crippen molar-refractivity contribution >= 4 is 23.4 Å². The summed E-state index contributed by atoms with van der Waals surface area (Å²) < 4.78 is 1.67. The number of carbonyl (C=O) groups is 1. The first-order valence-corrected chi connectivity index (χ1v) is 6.57. The number of nitrogens with zero attached hydrogens (tertiary/aromatic N) is 2. The van der Waals surface area contributed by atoms with Crippen molar-refractivity contribution in [3.8, 4) is 0 Å². The molecule has 0 aliphatic carbocycles. The van der Waals surface area contributed by atoms with Gasteiger partial charge in [-0.15, -0.1) is 0 Å². The van der Waals surface area contributed by atoms with Gasteiger partial charge in [0.05, 0.1) is 5.69 Å². The number of anilines is 1. The van der Waals surface area contributed by atoms with E-state index in [1.807, 2.05) is 18.7 Å². The second kappa shape index (κ2) is 4.78. The van der Waals surface area contributed by atoms with Gasteiger partial charge in [-0.3, -0.25) is 9.48 Å². The Kier molecular flexibility index (Phi) is 3.38. The molecule has 6 heteroatoms. The summed E-state index contributed by atoms with van der Waals surface area (Å²) in [5.74, 6) is 1.95. The molecular weight excluding hydrogens is 224 g/mol. The molecule has 5 nitrogen and oxygen atoms in total. The van der Waals surface area contributed by atoms with Crippen LogP contribution in [0.4, 0.5) is 5.69 Å². The van der Waals surface area contributed by atoms with Crippen LogP contribution in [0.1, 0.15) is 23.8 Å². The van der Waals surface area contributed by atoms with E-state index in [0.29, 0.717) is 11.4 Å². The predicted molar refractivity (Wildman–Crippen MR) is 65.5 cm³/mol. The summed E-state index contributed by atoms with van der Waals surface area (Å²) in [7, 11) is 0. The van der Waals surface area contributed by atoms with Gasteiger partial charge in [0.2, 0.25) is 0 Å². The monoisotopic (exact) mass is 240 g/mol. The largest absolute Gasteiger partial charge is 0.396 e. The molecule has 1 unspecified atom stereocenters. The average molecular weight is 240 g/mol. The van der Waals surface area contributed by atoms with Crippen LogP contribution in [0.5, 0.6) is 0 Å². The van der Waals surface area contributed by atoms with Gasteiger partial charge in [-0.2, -0.15) is 16.9 Å². The van der Waals surface area contributed by atoms with E-state index in [2.05, 4.69) is 10.4 Å². The standard InChI is InChI=1S/C10H16N4OS/c1-2-14-5-8(11)9(13-14)10(15)12-7-3-4-16-6-7/h5,7H,2-4,6,11H2,1H3,(H,12,15). The molecule has 1 fully saturated rings. The summed E-state index contributed by atoms with van der Waals surface area (Å²) in [6.45, 7) is 2.68. The number of aromatic nitrogens is 2. The number of nitrogen functional groups attached to an aromatic ring is 1. The third-order valence-electron chi connectivity index (χ3n) is 2.59. The molecule has 1 aliphatic heterocycles. The van der Waals surface area contributed by atoms with Crippen molar-refractivity contribution in [2.75, 3.05) is 17.2 Å². The maximum Gasteiger partial charge on any atom is 0.274 e.